The van der Waals surface area contributed by atoms with E-state index >= 15 is 0 Å². The predicted octanol–water partition coefficient (Wildman–Crippen LogP) is 1.13. The minimum absolute atomic E-state index is 0.0489. The molecule has 1 aromatic carbocycles. The molecule has 2 heterocycles. The third kappa shape index (κ3) is 2.51. The molecular weight excluding hydrogens is 268 g/mol. The van der Waals surface area contributed by atoms with E-state index in [2.05, 4.69) is 36.0 Å². The second-order valence-corrected chi connectivity index (χ2v) is 6.40. The van der Waals surface area contributed by atoms with Crippen LogP contribution in [0.15, 0.2) is 12.1 Å². The van der Waals surface area contributed by atoms with Gasteiger partial charge in [-0.15, -0.1) is 0 Å². The van der Waals surface area contributed by atoms with Gasteiger partial charge >= 0.3 is 0 Å². The number of nitrogens with two attached hydrogens (primary N) is 1. The van der Waals surface area contributed by atoms with Crippen LogP contribution in [0.2, 0.25) is 0 Å². The molecule has 21 heavy (non-hydrogen) atoms. The summed E-state index contributed by atoms with van der Waals surface area (Å²) in [5.41, 5.74) is 8.61. The van der Waals surface area contributed by atoms with E-state index < -0.39 is 0 Å². The Morgan fingerprint density at radius 1 is 1.33 bits per heavy atom. The number of nitrogens with zero attached hydrogens (tertiary/aromatic N) is 2. The first-order valence-corrected chi connectivity index (χ1v) is 7.19. The molecule has 1 saturated heterocycles. The molecule has 2 aliphatic rings. The Balaban J connectivity index is 1.92. The molecule has 1 fully saturated rings. The molecule has 3 N–H and O–H groups in total. The van der Waals surface area contributed by atoms with E-state index in [0.29, 0.717) is 17.1 Å². The summed E-state index contributed by atoms with van der Waals surface area (Å²) in [6, 6.07) is 3.72. The third-order valence-corrected chi connectivity index (χ3v) is 4.42. The first-order chi connectivity index (χ1) is 9.87. The van der Waals surface area contributed by atoms with Gasteiger partial charge in [0.1, 0.15) is 5.75 Å². The van der Waals surface area contributed by atoms with E-state index in [1.165, 1.54) is 0 Å². The molecule has 0 radical (unpaired) electrons. The molecule has 114 valence electrons. The van der Waals surface area contributed by atoms with Gasteiger partial charge < -0.3 is 20.7 Å². The molecule has 0 atom stereocenters. The normalized spacial score (nSPS) is 21.5. The van der Waals surface area contributed by atoms with Crippen LogP contribution in [0.25, 0.3) is 0 Å². The van der Waals surface area contributed by atoms with Crippen LogP contribution in [-0.2, 0) is 4.79 Å². The number of fused-ring (bicyclic) bond motifs is 1. The second kappa shape index (κ2) is 4.80. The van der Waals surface area contributed by atoms with E-state index in [-0.39, 0.29) is 18.1 Å². The Hall–Kier alpha value is -1.95. The van der Waals surface area contributed by atoms with Crippen molar-refractivity contribution in [2.24, 2.45) is 0 Å². The van der Waals surface area contributed by atoms with Crippen LogP contribution in [0.5, 0.6) is 5.75 Å². The number of carbonyl (C=O) groups excluding carboxylic acids is 1. The molecule has 0 aromatic heterocycles. The standard InChI is InChI=1S/C15H22N4O2/c1-15(2)9-19(5-4-18(15)3)12-7-11-13(6-10(12)16)21-8-14(20)17-11/h6-7H,4-5,8-9,16H2,1-3H3,(H,17,20). The highest BCUT2D eigenvalue weighted by Crippen LogP contribution is 2.38. The highest BCUT2D eigenvalue weighted by atomic mass is 16.5. The van der Waals surface area contributed by atoms with E-state index in [9.17, 15) is 4.79 Å². The van der Waals surface area contributed by atoms with Crippen molar-refractivity contribution >= 4 is 23.0 Å². The fourth-order valence-corrected chi connectivity index (χ4v) is 2.85. The van der Waals surface area contributed by atoms with Gasteiger partial charge in [-0.1, -0.05) is 0 Å². The van der Waals surface area contributed by atoms with Gasteiger partial charge in [-0.3, -0.25) is 9.69 Å². The Kier molecular flexibility index (Phi) is 3.20. The number of carbonyl (C=O) groups is 1. The van der Waals surface area contributed by atoms with Crippen molar-refractivity contribution in [1.82, 2.24) is 4.90 Å². The second-order valence-electron chi connectivity index (χ2n) is 6.40. The fourth-order valence-electron chi connectivity index (χ4n) is 2.85. The van der Waals surface area contributed by atoms with Gasteiger partial charge in [-0.2, -0.15) is 0 Å². The quantitative estimate of drug-likeness (QED) is 0.759. The Morgan fingerprint density at radius 2 is 2.10 bits per heavy atom. The lowest BCUT2D eigenvalue weighted by molar-refractivity contribution is -0.118. The number of likely N-dealkylation sites (N-methyl/N-ethyl adjacent to an activating group) is 1. The molecule has 0 saturated carbocycles. The zero-order valence-electron chi connectivity index (χ0n) is 12.8. The minimum Gasteiger partial charge on any atom is -0.482 e. The van der Waals surface area contributed by atoms with Crippen LogP contribution in [0.4, 0.5) is 17.1 Å². The molecular formula is C15H22N4O2. The number of anilines is 3. The van der Waals surface area contributed by atoms with Crippen molar-refractivity contribution in [3.8, 4) is 5.75 Å². The topological polar surface area (TPSA) is 70.8 Å². The summed E-state index contributed by atoms with van der Waals surface area (Å²) in [6.07, 6.45) is 0. The number of benzene rings is 1. The molecule has 0 spiro atoms. The zero-order valence-corrected chi connectivity index (χ0v) is 12.8. The van der Waals surface area contributed by atoms with Gasteiger partial charge in [0.25, 0.3) is 5.91 Å². The summed E-state index contributed by atoms with van der Waals surface area (Å²) in [4.78, 5) is 16.1. The first-order valence-electron chi connectivity index (χ1n) is 7.19. The van der Waals surface area contributed by atoms with Crippen molar-refractivity contribution in [1.29, 1.82) is 0 Å². The SMILES string of the molecule is CN1CCN(c2cc3c(cc2N)OCC(=O)N3)CC1(C)C. The van der Waals surface area contributed by atoms with Crippen LogP contribution in [-0.4, -0.2) is 49.6 Å². The average molecular weight is 290 g/mol. The van der Waals surface area contributed by atoms with E-state index in [1.807, 2.05) is 6.07 Å². The maximum Gasteiger partial charge on any atom is 0.262 e. The van der Waals surface area contributed by atoms with Gasteiger partial charge in [0, 0.05) is 31.2 Å². The lowest BCUT2D eigenvalue weighted by atomic mass is 9.99. The van der Waals surface area contributed by atoms with E-state index in [1.54, 1.807) is 6.07 Å². The van der Waals surface area contributed by atoms with Crippen LogP contribution in [0.1, 0.15) is 13.8 Å². The van der Waals surface area contributed by atoms with Crippen LogP contribution >= 0.6 is 0 Å². The van der Waals surface area contributed by atoms with Crippen molar-refractivity contribution in [2.45, 2.75) is 19.4 Å². The molecule has 2 aliphatic heterocycles. The van der Waals surface area contributed by atoms with Gasteiger partial charge in [-0.25, -0.2) is 0 Å². The van der Waals surface area contributed by atoms with Crippen molar-refractivity contribution in [2.75, 3.05) is 49.2 Å². The zero-order chi connectivity index (χ0) is 15.2. The lowest BCUT2D eigenvalue weighted by Gasteiger charge is -2.46. The monoisotopic (exact) mass is 290 g/mol. The van der Waals surface area contributed by atoms with Crippen molar-refractivity contribution < 1.29 is 9.53 Å². The highest BCUT2D eigenvalue weighted by molar-refractivity contribution is 5.97. The van der Waals surface area contributed by atoms with Crippen LogP contribution in [0, 0.1) is 0 Å². The number of amides is 1. The third-order valence-electron chi connectivity index (χ3n) is 4.42. The fraction of sp³-hybridized carbons (Fsp3) is 0.533. The maximum atomic E-state index is 11.5. The summed E-state index contributed by atoms with van der Waals surface area (Å²) in [5.74, 6) is 0.515. The lowest BCUT2D eigenvalue weighted by Crippen LogP contribution is -2.57. The molecule has 6 heteroatoms. The molecule has 1 aromatic rings. The summed E-state index contributed by atoms with van der Waals surface area (Å²) in [5, 5.41) is 2.84. The number of nitrogens with one attached hydrogen (secondary N) is 1. The number of nitrogen functional groups attached to an aromatic ring is 1. The summed E-state index contributed by atoms with van der Waals surface area (Å²) < 4.78 is 5.40. The molecule has 0 aliphatic carbocycles. The van der Waals surface area contributed by atoms with Gasteiger partial charge in [-0.05, 0) is 27.0 Å². The highest BCUT2D eigenvalue weighted by Gasteiger charge is 2.32. The molecule has 3 rings (SSSR count). The van der Waals surface area contributed by atoms with Crippen LogP contribution < -0.4 is 20.7 Å². The minimum atomic E-state index is -0.128. The predicted molar refractivity (Wildman–Crippen MR) is 83.9 cm³/mol. The molecule has 6 nitrogen and oxygen atoms in total. The van der Waals surface area contributed by atoms with Gasteiger partial charge in [0.15, 0.2) is 6.61 Å². The van der Waals surface area contributed by atoms with Crippen molar-refractivity contribution in [3.05, 3.63) is 12.1 Å². The number of rotatable bonds is 1. The number of hydrogen-bond acceptors (Lipinski definition) is 5. The largest absolute Gasteiger partial charge is 0.482 e. The summed E-state index contributed by atoms with van der Waals surface area (Å²) in [6.45, 7) is 7.27. The molecule has 1 amide bonds. The van der Waals surface area contributed by atoms with Crippen LogP contribution in [0.3, 0.4) is 0 Å². The summed E-state index contributed by atoms with van der Waals surface area (Å²) in [7, 11) is 2.14. The smallest absolute Gasteiger partial charge is 0.262 e. The van der Waals surface area contributed by atoms with Gasteiger partial charge in [0.2, 0.25) is 0 Å². The Morgan fingerprint density at radius 3 is 2.81 bits per heavy atom. The van der Waals surface area contributed by atoms with E-state index in [4.69, 9.17) is 10.5 Å². The summed E-state index contributed by atoms with van der Waals surface area (Å²) >= 11 is 0. The van der Waals surface area contributed by atoms with Gasteiger partial charge in [0.05, 0.1) is 17.1 Å². The Bertz CT molecular complexity index is 585. The maximum absolute atomic E-state index is 11.5. The molecule has 0 bridgehead atoms. The first kappa shape index (κ1) is 14.0. The molecule has 0 unspecified atom stereocenters. The number of ether oxygens (including phenoxy) is 1. The average Bonchev–Trinajstić information content (AvgIpc) is 2.41. The number of hydrogen-bond donors (Lipinski definition) is 2. The Labute approximate surface area is 124 Å². The van der Waals surface area contributed by atoms with Crippen molar-refractivity contribution in [3.63, 3.8) is 0 Å². The van der Waals surface area contributed by atoms with E-state index in [0.717, 1.165) is 25.3 Å². The number of piperazine rings is 1.